The molecule has 3 aromatic rings. The van der Waals surface area contributed by atoms with Crippen molar-refractivity contribution < 1.29 is 4.79 Å². The van der Waals surface area contributed by atoms with Crippen LogP contribution in [-0.4, -0.2) is 20.5 Å². The molecule has 2 heterocycles. The van der Waals surface area contributed by atoms with E-state index in [9.17, 15) is 4.79 Å². The molecule has 2 aromatic heterocycles. The summed E-state index contributed by atoms with van der Waals surface area (Å²) in [5.74, 6) is 0.752. The molecule has 1 aliphatic rings. The highest BCUT2D eigenvalue weighted by atomic mass is 35.5. The summed E-state index contributed by atoms with van der Waals surface area (Å²) in [5, 5.41) is 7.54. The van der Waals surface area contributed by atoms with E-state index in [4.69, 9.17) is 11.6 Å². The van der Waals surface area contributed by atoms with Crippen LogP contribution in [0.4, 0.5) is 5.82 Å². The molecule has 1 amide bonds. The molecular weight excluding hydrogens is 312 g/mol. The predicted octanol–water partition coefficient (Wildman–Crippen LogP) is 3.43. The second-order valence-electron chi connectivity index (χ2n) is 5.87. The van der Waals surface area contributed by atoms with Crippen LogP contribution in [-0.2, 0) is 4.79 Å². The average Bonchev–Trinajstić information content (AvgIpc) is 3.24. The molecular formula is C17H15ClN4O. The Balaban J connectivity index is 1.51. The van der Waals surface area contributed by atoms with Gasteiger partial charge in [-0.2, -0.15) is 5.10 Å². The summed E-state index contributed by atoms with van der Waals surface area (Å²) in [7, 11) is 0. The number of anilines is 1. The van der Waals surface area contributed by atoms with Gasteiger partial charge in [0, 0.05) is 18.1 Å². The second kappa shape index (κ2) is 5.35. The summed E-state index contributed by atoms with van der Waals surface area (Å²) in [6, 6.07) is 13.6. The SMILES string of the molecule is Cc1cc2nc(NC(=O)[C@@H]3C[C@H]3c3ccccc3)cc(Cl)n2n1. The van der Waals surface area contributed by atoms with Crippen molar-refractivity contribution in [2.24, 2.45) is 5.92 Å². The topological polar surface area (TPSA) is 59.3 Å². The second-order valence-corrected chi connectivity index (χ2v) is 6.26. The Morgan fingerprint density at radius 3 is 2.87 bits per heavy atom. The highest BCUT2D eigenvalue weighted by molar-refractivity contribution is 6.30. The first-order valence-corrected chi connectivity index (χ1v) is 7.88. The van der Waals surface area contributed by atoms with Crippen LogP contribution in [0.1, 0.15) is 23.6 Å². The van der Waals surface area contributed by atoms with Gasteiger partial charge in [-0.25, -0.2) is 9.50 Å². The normalized spacial score (nSPS) is 19.7. The van der Waals surface area contributed by atoms with Gasteiger partial charge in [-0.3, -0.25) is 4.79 Å². The van der Waals surface area contributed by atoms with Crippen LogP contribution >= 0.6 is 11.6 Å². The standard InChI is InChI=1S/C17H15ClN4O/c1-10-7-16-19-15(9-14(18)22(16)21-10)20-17(23)13-8-12(13)11-5-3-2-4-6-11/h2-7,9,12-13H,8H2,1H3,(H,19,20,23)/t12-,13+/m0/s1. The average molecular weight is 327 g/mol. The van der Waals surface area contributed by atoms with Crippen LogP contribution in [0.2, 0.25) is 5.15 Å². The highest BCUT2D eigenvalue weighted by Gasteiger charge is 2.43. The van der Waals surface area contributed by atoms with Gasteiger partial charge in [-0.05, 0) is 24.8 Å². The lowest BCUT2D eigenvalue weighted by molar-refractivity contribution is -0.117. The molecule has 5 nitrogen and oxygen atoms in total. The van der Waals surface area contributed by atoms with Gasteiger partial charge >= 0.3 is 0 Å². The van der Waals surface area contributed by atoms with Crippen molar-refractivity contribution in [2.45, 2.75) is 19.3 Å². The summed E-state index contributed by atoms with van der Waals surface area (Å²) in [6.45, 7) is 1.87. The van der Waals surface area contributed by atoms with E-state index in [-0.39, 0.29) is 11.8 Å². The molecule has 23 heavy (non-hydrogen) atoms. The Hall–Kier alpha value is -2.40. The highest BCUT2D eigenvalue weighted by Crippen LogP contribution is 2.47. The minimum absolute atomic E-state index is 0.000786. The smallest absolute Gasteiger partial charge is 0.229 e. The van der Waals surface area contributed by atoms with Gasteiger partial charge in [-0.1, -0.05) is 41.9 Å². The van der Waals surface area contributed by atoms with E-state index in [1.54, 1.807) is 10.6 Å². The zero-order valence-electron chi connectivity index (χ0n) is 12.5. The summed E-state index contributed by atoms with van der Waals surface area (Å²) < 4.78 is 1.55. The summed E-state index contributed by atoms with van der Waals surface area (Å²) in [4.78, 5) is 16.8. The number of aryl methyl sites for hydroxylation is 1. The van der Waals surface area contributed by atoms with Crippen LogP contribution < -0.4 is 5.32 Å². The molecule has 4 rings (SSSR count). The first-order valence-electron chi connectivity index (χ1n) is 7.50. The Bertz CT molecular complexity index is 890. The fourth-order valence-corrected chi connectivity index (χ4v) is 3.12. The van der Waals surface area contributed by atoms with Crippen molar-refractivity contribution in [1.82, 2.24) is 14.6 Å². The van der Waals surface area contributed by atoms with E-state index >= 15 is 0 Å². The van der Waals surface area contributed by atoms with Crippen molar-refractivity contribution in [3.8, 4) is 0 Å². The van der Waals surface area contributed by atoms with E-state index in [1.165, 1.54) is 5.56 Å². The molecule has 0 aliphatic heterocycles. The lowest BCUT2D eigenvalue weighted by Gasteiger charge is -2.06. The molecule has 6 heteroatoms. The van der Waals surface area contributed by atoms with Crippen molar-refractivity contribution in [3.05, 3.63) is 58.9 Å². The molecule has 0 bridgehead atoms. The number of hydrogen-bond donors (Lipinski definition) is 1. The van der Waals surface area contributed by atoms with Gasteiger partial charge in [0.25, 0.3) is 0 Å². The van der Waals surface area contributed by atoms with E-state index in [0.717, 1.165) is 12.1 Å². The van der Waals surface area contributed by atoms with E-state index in [2.05, 4.69) is 27.5 Å². The third-order valence-corrected chi connectivity index (χ3v) is 4.38. The number of nitrogens with zero attached hydrogens (tertiary/aromatic N) is 3. The van der Waals surface area contributed by atoms with Gasteiger partial charge in [-0.15, -0.1) is 0 Å². The molecule has 116 valence electrons. The van der Waals surface area contributed by atoms with Crippen LogP contribution in [0, 0.1) is 12.8 Å². The first kappa shape index (κ1) is 14.2. The van der Waals surface area contributed by atoms with E-state index in [1.807, 2.05) is 31.2 Å². The Morgan fingerprint density at radius 1 is 1.30 bits per heavy atom. The van der Waals surface area contributed by atoms with Crippen LogP contribution in [0.5, 0.6) is 0 Å². The number of benzene rings is 1. The lowest BCUT2D eigenvalue weighted by Crippen LogP contribution is -2.16. The maximum absolute atomic E-state index is 12.4. The van der Waals surface area contributed by atoms with Gasteiger partial charge in [0.15, 0.2) is 5.65 Å². The number of carbonyl (C=O) groups is 1. The molecule has 0 unspecified atom stereocenters. The molecule has 0 saturated heterocycles. The molecule has 0 spiro atoms. The summed E-state index contributed by atoms with van der Waals surface area (Å²) >= 11 is 6.19. The van der Waals surface area contributed by atoms with Crippen LogP contribution in [0.3, 0.4) is 0 Å². The van der Waals surface area contributed by atoms with Crippen molar-refractivity contribution in [1.29, 1.82) is 0 Å². The van der Waals surface area contributed by atoms with Crippen molar-refractivity contribution in [3.63, 3.8) is 0 Å². The number of aromatic nitrogens is 3. The fourth-order valence-electron chi connectivity index (χ4n) is 2.89. The van der Waals surface area contributed by atoms with E-state index < -0.39 is 0 Å². The fraction of sp³-hybridized carbons (Fsp3) is 0.235. The van der Waals surface area contributed by atoms with Gasteiger partial charge < -0.3 is 5.32 Å². The minimum atomic E-state index is -0.0111. The Kier molecular flexibility index (Phi) is 3.31. The molecule has 1 N–H and O–H groups in total. The van der Waals surface area contributed by atoms with Crippen molar-refractivity contribution in [2.75, 3.05) is 5.32 Å². The summed E-state index contributed by atoms with van der Waals surface area (Å²) in [5.41, 5.74) is 2.66. The Morgan fingerprint density at radius 2 is 2.09 bits per heavy atom. The zero-order chi connectivity index (χ0) is 16.0. The molecule has 1 aliphatic carbocycles. The number of carbonyl (C=O) groups excluding carboxylic acids is 1. The number of rotatable bonds is 3. The largest absolute Gasteiger partial charge is 0.310 e. The number of fused-ring (bicyclic) bond motifs is 1. The zero-order valence-corrected chi connectivity index (χ0v) is 13.3. The maximum atomic E-state index is 12.4. The van der Waals surface area contributed by atoms with Gasteiger partial charge in [0.2, 0.25) is 5.91 Å². The lowest BCUT2D eigenvalue weighted by atomic mass is 10.1. The monoisotopic (exact) mass is 326 g/mol. The maximum Gasteiger partial charge on any atom is 0.229 e. The number of nitrogens with one attached hydrogen (secondary N) is 1. The molecule has 1 saturated carbocycles. The quantitative estimate of drug-likeness (QED) is 0.750. The predicted molar refractivity (Wildman–Crippen MR) is 88.7 cm³/mol. The molecule has 1 fully saturated rings. The number of amides is 1. The third kappa shape index (κ3) is 2.68. The number of halogens is 1. The molecule has 2 atom stereocenters. The van der Waals surface area contributed by atoms with Gasteiger partial charge in [0.1, 0.15) is 11.0 Å². The third-order valence-electron chi connectivity index (χ3n) is 4.11. The van der Waals surface area contributed by atoms with Gasteiger partial charge in [0.05, 0.1) is 5.69 Å². The molecule has 0 radical (unpaired) electrons. The van der Waals surface area contributed by atoms with E-state index in [0.29, 0.717) is 22.5 Å². The van der Waals surface area contributed by atoms with Crippen LogP contribution in [0.15, 0.2) is 42.5 Å². The van der Waals surface area contributed by atoms with Crippen LogP contribution in [0.25, 0.3) is 5.65 Å². The molecule has 1 aromatic carbocycles. The Labute approximate surface area is 138 Å². The minimum Gasteiger partial charge on any atom is -0.310 e. The first-order chi connectivity index (χ1) is 11.1. The number of hydrogen-bond acceptors (Lipinski definition) is 3. The van der Waals surface area contributed by atoms with Crippen molar-refractivity contribution >= 4 is 29.0 Å². The summed E-state index contributed by atoms with van der Waals surface area (Å²) in [6.07, 6.45) is 0.873.